The molecular formula is C20H21N3O4. The van der Waals surface area contributed by atoms with Gasteiger partial charge in [-0.25, -0.2) is 0 Å². The summed E-state index contributed by atoms with van der Waals surface area (Å²) in [5.74, 6) is -1.01. The van der Waals surface area contributed by atoms with Gasteiger partial charge >= 0.3 is 11.8 Å². The Morgan fingerprint density at radius 2 is 1.81 bits per heavy atom. The molecule has 1 fully saturated rings. The number of amides is 3. The molecule has 3 rings (SSSR count). The second-order valence-corrected chi connectivity index (χ2v) is 6.26. The molecule has 27 heavy (non-hydrogen) atoms. The van der Waals surface area contributed by atoms with E-state index in [2.05, 4.69) is 10.6 Å². The molecule has 0 radical (unpaired) electrons. The van der Waals surface area contributed by atoms with E-state index in [1.807, 2.05) is 6.92 Å². The van der Waals surface area contributed by atoms with E-state index < -0.39 is 11.8 Å². The number of para-hydroxylation sites is 2. The molecule has 0 spiro atoms. The number of carbonyl (C=O) groups excluding carboxylic acids is 3. The monoisotopic (exact) mass is 367 g/mol. The molecule has 0 atom stereocenters. The standard InChI is InChI=1S/C20H21N3O4/c1-13-12-14(9-10-16(13)23-11-5-8-18(23)24)21-19(25)20(26)22-15-6-3-4-7-17(15)27-2/h3-4,6-7,9-10,12H,5,8,11H2,1-2H3,(H,21,25)(H,22,26). The van der Waals surface area contributed by atoms with Gasteiger partial charge in [0.2, 0.25) is 5.91 Å². The number of methoxy groups -OCH3 is 1. The molecule has 1 heterocycles. The van der Waals surface area contributed by atoms with Crippen molar-refractivity contribution in [1.29, 1.82) is 0 Å². The van der Waals surface area contributed by atoms with Crippen molar-refractivity contribution in [1.82, 2.24) is 0 Å². The van der Waals surface area contributed by atoms with Crippen molar-refractivity contribution in [3.8, 4) is 5.75 Å². The van der Waals surface area contributed by atoms with Gasteiger partial charge in [-0.05, 0) is 49.2 Å². The topological polar surface area (TPSA) is 87.7 Å². The minimum Gasteiger partial charge on any atom is -0.495 e. The van der Waals surface area contributed by atoms with Crippen molar-refractivity contribution in [2.24, 2.45) is 0 Å². The molecule has 0 bridgehead atoms. The van der Waals surface area contributed by atoms with Crippen molar-refractivity contribution in [3.05, 3.63) is 48.0 Å². The summed E-state index contributed by atoms with van der Waals surface area (Å²) in [6.07, 6.45) is 1.40. The highest BCUT2D eigenvalue weighted by atomic mass is 16.5. The van der Waals surface area contributed by atoms with Crippen molar-refractivity contribution in [2.75, 3.05) is 29.2 Å². The zero-order chi connectivity index (χ0) is 19.4. The Balaban J connectivity index is 1.67. The Morgan fingerprint density at radius 3 is 2.48 bits per heavy atom. The lowest BCUT2D eigenvalue weighted by Crippen LogP contribution is -2.29. The van der Waals surface area contributed by atoms with E-state index in [0.29, 0.717) is 30.1 Å². The summed E-state index contributed by atoms with van der Waals surface area (Å²) in [6.45, 7) is 2.57. The third-order valence-electron chi connectivity index (χ3n) is 4.38. The predicted octanol–water partition coefficient (Wildman–Crippen LogP) is 2.71. The van der Waals surface area contributed by atoms with Crippen LogP contribution in [0.5, 0.6) is 5.75 Å². The average Bonchev–Trinajstić information content (AvgIpc) is 3.08. The third kappa shape index (κ3) is 4.08. The molecule has 0 saturated carbocycles. The lowest BCUT2D eigenvalue weighted by Gasteiger charge is -2.19. The average molecular weight is 367 g/mol. The summed E-state index contributed by atoms with van der Waals surface area (Å²) >= 11 is 0. The molecule has 7 nitrogen and oxygen atoms in total. The second-order valence-electron chi connectivity index (χ2n) is 6.26. The van der Waals surface area contributed by atoms with Gasteiger partial charge in [0.15, 0.2) is 0 Å². The molecule has 0 unspecified atom stereocenters. The van der Waals surface area contributed by atoms with E-state index in [0.717, 1.165) is 17.7 Å². The molecule has 0 aromatic heterocycles. The van der Waals surface area contributed by atoms with Gasteiger partial charge in [0.05, 0.1) is 12.8 Å². The number of nitrogens with one attached hydrogen (secondary N) is 2. The highest BCUT2D eigenvalue weighted by Crippen LogP contribution is 2.27. The zero-order valence-electron chi connectivity index (χ0n) is 15.2. The first-order chi connectivity index (χ1) is 13.0. The van der Waals surface area contributed by atoms with E-state index in [-0.39, 0.29) is 5.91 Å². The molecule has 2 aromatic rings. The number of aryl methyl sites for hydroxylation is 1. The quantitative estimate of drug-likeness (QED) is 0.814. The molecule has 7 heteroatoms. The summed E-state index contributed by atoms with van der Waals surface area (Å²) in [5.41, 5.74) is 2.59. The molecule has 2 aromatic carbocycles. The summed E-state index contributed by atoms with van der Waals surface area (Å²) in [6, 6.07) is 12.1. The van der Waals surface area contributed by atoms with Gasteiger partial charge in [-0.1, -0.05) is 12.1 Å². The van der Waals surface area contributed by atoms with E-state index in [1.165, 1.54) is 7.11 Å². The fourth-order valence-corrected chi connectivity index (χ4v) is 3.05. The van der Waals surface area contributed by atoms with Crippen LogP contribution in [0.15, 0.2) is 42.5 Å². The number of carbonyl (C=O) groups is 3. The highest BCUT2D eigenvalue weighted by molar-refractivity contribution is 6.43. The van der Waals surface area contributed by atoms with Crippen molar-refractivity contribution in [2.45, 2.75) is 19.8 Å². The molecular weight excluding hydrogens is 346 g/mol. The lowest BCUT2D eigenvalue weighted by molar-refractivity contribution is -0.133. The smallest absolute Gasteiger partial charge is 0.314 e. The minimum absolute atomic E-state index is 0.103. The number of hydrogen-bond acceptors (Lipinski definition) is 4. The molecule has 0 aliphatic carbocycles. The highest BCUT2D eigenvalue weighted by Gasteiger charge is 2.23. The predicted molar refractivity (Wildman–Crippen MR) is 103 cm³/mol. The Bertz CT molecular complexity index is 895. The number of anilines is 3. The number of nitrogens with zero attached hydrogens (tertiary/aromatic N) is 1. The molecule has 1 aliphatic rings. The van der Waals surface area contributed by atoms with Gasteiger partial charge in [-0.2, -0.15) is 0 Å². The van der Waals surface area contributed by atoms with Gasteiger partial charge in [0, 0.05) is 24.3 Å². The molecule has 3 amide bonds. The van der Waals surface area contributed by atoms with E-state index in [1.54, 1.807) is 47.4 Å². The Morgan fingerprint density at radius 1 is 1.07 bits per heavy atom. The molecule has 140 valence electrons. The van der Waals surface area contributed by atoms with E-state index in [4.69, 9.17) is 4.74 Å². The Kier molecular flexibility index (Phi) is 5.40. The first-order valence-corrected chi connectivity index (χ1v) is 8.66. The Labute approximate surface area is 157 Å². The molecule has 1 aliphatic heterocycles. The maximum absolute atomic E-state index is 12.2. The largest absolute Gasteiger partial charge is 0.495 e. The number of rotatable bonds is 4. The van der Waals surface area contributed by atoms with Crippen LogP contribution >= 0.6 is 0 Å². The van der Waals surface area contributed by atoms with Crippen LogP contribution in [0.1, 0.15) is 18.4 Å². The van der Waals surface area contributed by atoms with Crippen LogP contribution in [-0.4, -0.2) is 31.4 Å². The lowest BCUT2D eigenvalue weighted by atomic mass is 10.1. The number of benzene rings is 2. The third-order valence-corrected chi connectivity index (χ3v) is 4.38. The van der Waals surface area contributed by atoms with Crippen LogP contribution in [-0.2, 0) is 14.4 Å². The van der Waals surface area contributed by atoms with Crippen molar-refractivity contribution < 1.29 is 19.1 Å². The van der Waals surface area contributed by atoms with Gasteiger partial charge in [0.1, 0.15) is 5.75 Å². The SMILES string of the molecule is COc1ccccc1NC(=O)C(=O)Nc1ccc(N2CCCC2=O)c(C)c1. The maximum atomic E-state index is 12.2. The van der Waals surface area contributed by atoms with Gasteiger partial charge in [0.25, 0.3) is 0 Å². The summed E-state index contributed by atoms with van der Waals surface area (Å²) < 4.78 is 5.15. The van der Waals surface area contributed by atoms with Gasteiger partial charge in [-0.15, -0.1) is 0 Å². The molecule has 2 N–H and O–H groups in total. The van der Waals surface area contributed by atoms with Crippen molar-refractivity contribution in [3.63, 3.8) is 0 Å². The number of hydrogen-bond donors (Lipinski definition) is 2. The summed E-state index contributed by atoms with van der Waals surface area (Å²) in [4.78, 5) is 38.0. The van der Waals surface area contributed by atoms with Crippen LogP contribution in [0, 0.1) is 6.92 Å². The van der Waals surface area contributed by atoms with Gasteiger partial charge in [-0.3, -0.25) is 14.4 Å². The van der Waals surface area contributed by atoms with Crippen LogP contribution < -0.4 is 20.3 Å². The fraction of sp³-hybridized carbons (Fsp3) is 0.250. The van der Waals surface area contributed by atoms with Crippen molar-refractivity contribution >= 4 is 34.8 Å². The zero-order valence-corrected chi connectivity index (χ0v) is 15.2. The van der Waals surface area contributed by atoms with Crippen LogP contribution in [0.25, 0.3) is 0 Å². The summed E-state index contributed by atoms with van der Waals surface area (Å²) in [7, 11) is 1.49. The number of ether oxygens (including phenoxy) is 1. The first-order valence-electron chi connectivity index (χ1n) is 8.66. The van der Waals surface area contributed by atoms with Crippen LogP contribution in [0.2, 0.25) is 0 Å². The van der Waals surface area contributed by atoms with Crippen LogP contribution in [0.4, 0.5) is 17.1 Å². The first kappa shape index (κ1) is 18.4. The second kappa shape index (κ2) is 7.90. The van der Waals surface area contributed by atoms with Crippen LogP contribution in [0.3, 0.4) is 0 Å². The van der Waals surface area contributed by atoms with E-state index in [9.17, 15) is 14.4 Å². The van der Waals surface area contributed by atoms with Gasteiger partial charge < -0.3 is 20.3 Å². The maximum Gasteiger partial charge on any atom is 0.314 e. The Hall–Kier alpha value is -3.35. The van der Waals surface area contributed by atoms with E-state index >= 15 is 0 Å². The molecule has 1 saturated heterocycles. The normalized spacial score (nSPS) is 13.4. The summed E-state index contributed by atoms with van der Waals surface area (Å²) in [5, 5.41) is 5.10. The minimum atomic E-state index is -0.795. The fourth-order valence-electron chi connectivity index (χ4n) is 3.05.